The van der Waals surface area contributed by atoms with Crippen molar-refractivity contribution in [1.82, 2.24) is 15.5 Å². The lowest BCUT2D eigenvalue weighted by molar-refractivity contribution is -0.129. The number of benzene rings is 2. The van der Waals surface area contributed by atoms with Gasteiger partial charge in [-0.25, -0.2) is 4.79 Å². The number of imide groups is 1. The number of ether oxygens (including phenoxy) is 1. The van der Waals surface area contributed by atoms with Gasteiger partial charge in [0.25, 0.3) is 5.91 Å². The summed E-state index contributed by atoms with van der Waals surface area (Å²) in [7, 11) is 1.62. The zero-order valence-electron chi connectivity index (χ0n) is 17.3. The van der Waals surface area contributed by atoms with Crippen LogP contribution in [0.25, 0.3) is 0 Å². The zero-order chi connectivity index (χ0) is 21.5. The molecule has 4 amide bonds. The van der Waals surface area contributed by atoms with Crippen molar-refractivity contribution in [1.29, 1.82) is 0 Å². The molecule has 7 nitrogen and oxygen atoms in total. The van der Waals surface area contributed by atoms with Gasteiger partial charge in [-0.1, -0.05) is 42.5 Å². The molecule has 0 aromatic heterocycles. The topological polar surface area (TPSA) is 87.7 Å². The number of urea groups is 1. The highest BCUT2D eigenvalue weighted by Crippen LogP contribution is 2.25. The second-order valence-corrected chi connectivity index (χ2v) is 7.28. The Balaban J connectivity index is 1.44. The van der Waals surface area contributed by atoms with Crippen LogP contribution >= 0.6 is 0 Å². The molecule has 0 aliphatic carbocycles. The summed E-state index contributed by atoms with van der Waals surface area (Å²) in [6.45, 7) is 2.33. The van der Waals surface area contributed by atoms with E-state index in [1.165, 1.54) is 4.90 Å². The molecule has 2 aromatic rings. The standard InChI is InChI=1S/C23H27N3O4/c1-16(18-6-4-3-5-7-18)26-22(28)20(25-23(26)29)12-13-21(27)24-15-14-17-8-10-19(30-2)11-9-17/h3-11,16,20H,12-15H2,1-2H3,(H,24,27)(H,25,29)/t16-,20+/m0/s1. The molecular formula is C23H27N3O4. The summed E-state index contributed by atoms with van der Waals surface area (Å²) < 4.78 is 5.13. The van der Waals surface area contributed by atoms with E-state index in [9.17, 15) is 14.4 Å². The van der Waals surface area contributed by atoms with E-state index in [0.717, 1.165) is 16.9 Å². The molecule has 7 heteroatoms. The van der Waals surface area contributed by atoms with Crippen LogP contribution in [0.2, 0.25) is 0 Å². The van der Waals surface area contributed by atoms with Crippen LogP contribution in [0.1, 0.15) is 36.9 Å². The Morgan fingerprint density at radius 1 is 1.13 bits per heavy atom. The molecule has 0 radical (unpaired) electrons. The van der Waals surface area contributed by atoms with Crippen LogP contribution < -0.4 is 15.4 Å². The number of hydrogen-bond donors (Lipinski definition) is 2. The lowest BCUT2D eigenvalue weighted by Gasteiger charge is -2.21. The average molecular weight is 409 g/mol. The molecule has 0 saturated carbocycles. The number of carbonyl (C=O) groups is 3. The van der Waals surface area contributed by atoms with E-state index in [0.29, 0.717) is 13.0 Å². The minimum Gasteiger partial charge on any atom is -0.497 e. The molecule has 1 aliphatic rings. The first kappa shape index (κ1) is 21.4. The molecule has 1 saturated heterocycles. The maximum absolute atomic E-state index is 12.7. The number of hydrogen-bond acceptors (Lipinski definition) is 4. The van der Waals surface area contributed by atoms with Gasteiger partial charge in [0.15, 0.2) is 0 Å². The fourth-order valence-electron chi connectivity index (χ4n) is 3.49. The predicted octanol–water partition coefficient (Wildman–Crippen LogP) is 2.82. The van der Waals surface area contributed by atoms with E-state index in [2.05, 4.69) is 10.6 Å². The highest BCUT2D eigenvalue weighted by Gasteiger charge is 2.40. The first-order chi connectivity index (χ1) is 14.5. The third kappa shape index (κ3) is 5.17. The van der Waals surface area contributed by atoms with Gasteiger partial charge in [-0.15, -0.1) is 0 Å². The molecule has 0 spiro atoms. The SMILES string of the molecule is COc1ccc(CCNC(=O)CC[C@H]2NC(=O)N([C@@H](C)c3ccccc3)C2=O)cc1. The van der Waals surface area contributed by atoms with Gasteiger partial charge in [0, 0.05) is 13.0 Å². The summed E-state index contributed by atoms with van der Waals surface area (Å²) in [6.07, 6.45) is 1.15. The predicted molar refractivity (Wildman–Crippen MR) is 113 cm³/mol. The van der Waals surface area contributed by atoms with Crippen LogP contribution in [0.4, 0.5) is 4.79 Å². The molecule has 30 heavy (non-hydrogen) atoms. The van der Waals surface area contributed by atoms with Crippen LogP contribution in [-0.4, -0.2) is 42.4 Å². The molecule has 1 aliphatic heterocycles. The summed E-state index contributed by atoms with van der Waals surface area (Å²) in [6, 6.07) is 15.6. The molecule has 2 aromatic carbocycles. The highest BCUT2D eigenvalue weighted by molar-refractivity contribution is 6.04. The fourth-order valence-corrected chi connectivity index (χ4v) is 3.49. The molecule has 1 fully saturated rings. The van der Waals surface area contributed by atoms with Crippen molar-refractivity contribution in [2.24, 2.45) is 0 Å². The molecule has 158 valence electrons. The van der Waals surface area contributed by atoms with Crippen LogP contribution in [0, 0.1) is 0 Å². The Morgan fingerprint density at radius 3 is 2.50 bits per heavy atom. The van der Waals surface area contributed by atoms with Gasteiger partial charge in [-0.3, -0.25) is 14.5 Å². The molecule has 1 heterocycles. The van der Waals surface area contributed by atoms with E-state index in [1.807, 2.05) is 61.5 Å². The van der Waals surface area contributed by atoms with Crippen LogP contribution in [0.5, 0.6) is 5.75 Å². The van der Waals surface area contributed by atoms with Crippen molar-refractivity contribution >= 4 is 17.8 Å². The van der Waals surface area contributed by atoms with E-state index in [1.54, 1.807) is 7.11 Å². The van der Waals surface area contributed by atoms with Crippen molar-refractivity contribution in [3.05, 3.63) is 65.7 Å². The first-order valence-electron chi connectivity index (χ1n) is 10.1. The normalized spacial score (nSPS) is 16.9. The van der Waals surface area contributed by atoms with Crippen LogP contribution in [-0.2, 0) is 16.0 Å². The first-order valence-corrected chi connectivity index (χ1v) is 10.1. The van der Waals surface area contributed by atoms with Gasteiger partial charge in [-0.2, -0.15) is 0 Å². The Kier molecular flexibility index (Phi) is 7.06. The molecule has 0 bridgehead atoms. The van der Waals surface area contributed by atoms with Gasteiger partial charge in [0.05, 0.1) is 13.2 Å². The molecular weight excluding hydrogens is 382 g/mol. The van der Waals surface area contributed by atoms with Crippen molar-refractivity contribution < 1.29 is 19.1 Å². The lowest BCUT2D eigenvalue weighted by Crippen LogP contribution is -2.34. The minimum absolute atomic E-state index is 0.139. The maximum Gasteiger partial charge on any atom is 0.325 e. The zero-order valence-corrected chi connectivity index (χ0v) is 17.3. The smallest absolute Gasteiger partial charge is 0.325 e. The van der Waals surface area contributed by atoms with Crippen molar-refractivity contribution in [2.75, 3.05) is 13.7 Å². The quantitative estimate of drug-likeness (QED) is 0.624. The number of amides is 4. The maximum atomic E-state index is 12.7. The van der Waals surface area contributed by atoms with Crippen molar-refractivity contribution in [2.45, 2.75) is 38.3 Å². The van der Waals surface area contributed by atoms with Gasteiger partial charge in [0.2, 0.25) is 5.91 Å². The second-order valence-electron chi connectivity index (χ2n) is 7.28. The Hall–Kier alpha value is -3.35. The fraction of sp³-hybridized carbons (Fsp3) is 0.348. The number of methoxy groups -OCH3 is 1. The van der Waals surface area contributed by atoms with Gasteiger partial charge in [-0.05, 0) is 43.0 Å². The largest absolute Gasteiger partial charge is 0.497 e. The van der Waals surface area contributed by atoms with Crippen molar-refractivity contribution in [3.63, 3.8) is 0 Å². The Labute approximate surface area is 176 Å². The monoisotopic (exact) mass is 409 g/mol. The summed E-state index contributed by atoms with van der Waals surface area (Å²) >= 11 is 0. The third-order valence-corrected chi connectivity index (χ3v) is 5.28. The minimum atomic E-state index is -0.670. The number of rotatable bonds is 9. The molecule has 2 N–H and O–H groups in total. The molecule has 3 rings (SSSR count). The highest BCUT2D eigenvalue weighted by atomic mass is 16.5. The van der Waals surface area contributed by atoms with Crippen LogP contribution in [0.15, 0.2) is 54.6 Å². The third-order valence-electron chi connectivity index (χ3n) is 5.28. The summed E-state index contributed by atoms with van der Waals surface area (Å²) in [4.78, 5) is 38.4. The summed E-state index contributed by atoms with van der Waals surface area (Å²) in [5.41, 5.74) is 1.98. The van der Waals surface area contributed by atoms with E-state index < -0.39 is 12.1 Å². The van der Waals surface area contributed by atoms with Crippen molar-refractivity contribution in [3.8, 4) is 5.75 Å². The van der Waals surface area contributed by atoms with Gasteiger partial charge in [0.1, 0.15) is 11.8 Å². The van der Waals surface area contributed by atoms with E-state index in [-0.39, 0.29) is 30.7 Å². The summed E-state index contributed by atoms with van der Waals surface area (Å²) in [5, 5.41) is 5.56. The lowest BCUT2D eigenvalue weighted by atomic mass is 10.1. The Bertz CT molecular complexity index is 883. The number of carbonyl (C=O) groups excluding carboxylic acids is 3. The molecule has 2 atom stereocenters. The Morgan fingerprint density at radius 2 is 1.83 bits per heavy atom. The number of nitrogens with zero attached hydrogens (tertiary/aromatic N) is 1. The average Bonchev–Trinajstić information content (AvgIpc) is 3.06. The summed E-state index contributed by atoms with van der Waals surface area (Å²) in [5.74, 6) is 0.365. The van der Waals surface area contributed by atoms with Gasteiger partial charge >= 0.3 is 6.03 Å². The molecule has 0 unspecified atom stereocenters. The van der Waals surface area contributed by atoms with Gasteiger partial charge < -0.3 is 15.4 Å². The second kappa shape index (κ2) is 9.91. The van der Waals surface area contributed by atoms with E-state index in [4.69, 9.17) is 4.74 Å². The van der Waals surface area contributed by atoms with Crippen LogP contribution in [0.3, 0.4) is 0 Å². The van der Waals surface area contributed by atoms with E-state index >= 15 is 0 Å². The number of nitrogens with one attached hydrogen (secondary N) is 2.